The van der Waals surface area contributed by atoms with Crippen LogP contribution in [0.3, 0.4) is 0 Å². The molecule has 0 aromatic carbocycles. The van der Waals surface area contributed by atoms with Gasteiger partial charge in [-0.2, -0.15) is 0 Å². The molecule has 1 aliphatic heterocycles. The highest BCUT2D eigenvalue weighted by atomic mass is 16.4. The number of aliphatic imine (C=N–C) groups is 1. The first-order valence-electron chi connectivity index (χ1n) is 5.96. The van der Waals surface area contributed by atoms with E-state index in [1.165, 1.54) is 18.3 Å². The Kier molecular flexibility index (Phi) is 3.09. The summed E-state index contributed by atoms with van der Waals surface area (Å²) in [5.74, 6) is -1.11. The van der Waals surface area contributed by atoms with Crippen molar-refractivity contribution in [3.8, 4) is 0 Å². The molecular weight excluding hydrogens is 246 g/mol. The first-order valence-corrected chi connectivity index (χ1v) is 5.96. The number of carboxylic acids is 1. The molecule has 0 saturated heterocycles. The zero-order chi connectivity index (χ0) is 14.2. The summed E-state index contributed by atoms with van der Waals surface area (Å²) in [6.07, 6.45) is 1.47. The molecule has 2 N–H and O–H groups in total. The van der Waals surface area contributed by atoms with Crippen LogP contribution < -0.4 is 5.32 Å². The number of rotatable bonds is 3. The van der Waals surface area contributed by atoms with Crippen LogP contribution in [0.4, 0.5) is 0 Å². The van der Waals surface area contributed by atoms with Gasteiger partial charge in [-0.15, -0.1) is 0 Å². The van der Waals surface area contributed by atoms with Crippen LogP contribution in [-0.4, -0.2) is 33.3 Å². The van der Waals surface area contributed by atoms with Crippen molar-refractivity contribution in [3.63, 3.8) is 0 Å². The van der Waals surface area contributed by atoms with Gasteiger partial charge in [0.25, 0.3) is 5.91 Å². The second-order valence-electron chi connectivity index (χ2n) is 4.92. The second kappa shape index (κ2) is 4.46. The van der Waals surface area contributed by atoms with Crippen molar-refractivity contribution in [1.82, 2.24) is 10.3 Å². The molecule has 0 radical (unpaired) electrons. The molecule has 0 fully saturated rings. The van der Waals surface area contributed by atoms with Crippen molar-refractivity contribution < 1.29 is 14.7 Å². The maximum absolute atomic E-state index is 12.0. The van der Waals surface area contributed by atoms with Gasteiger partial charge in [-0.05, 0) is 25.0 Å². The Morgan fingerprint density at radius 3 is 2.68 bits per heavy atom. The maximum Gasteiger partial charge on any atom is 0.338 e. The molecule has 6 nitrogen and oxygen atoms in total. The van der Waals surface area contributed by atoms with Crippen molar-refractivity contribution in [2.45, 2.75) is 26.3 Å². The largest absolute Gasteiger partial charge is 0.478 e. The highest BCUT2D eigenvalue weighted by molar-refractivity contribution is 6.17. The molecule has 0 saturated carbocycles. The molecule has 1 atom stereocenters. The lowest BCUT2D eigenvalue weighted by atomic mass is 9.89. The van der Waals surface area contributed by atoms with Crippen molar-refractivity contribution in [1.29, 1.82) is 0 Å². The van der Waals surface area contributed by atoms with Gasteiger partial charge in [0.15, 0.2) is 5.84 Å². The SMILES string of the molecule is CC(C)[C@@]1(C)N=C(c2ncccc2C(=O)O)NC1=O. The first-order chi connectivity index (χ1) is 8.86. The number of amides is 1. The zero-order valence-corrected chi connectivity index (χ0v) is 11.0. The smallest absolute Gasteiger partial charge is 0.338 e. The van der Waals surface area contributed by atoms with Gasteiger partial charge in [0, 0.05) is 6.20 Å². The van der Waals surface area contributed by atoms with E-state index in [2.05, 4.69) is 15.3 Å². The van der Waals surface area contributed by atoms with Crippen LogP contribution in [0.25, 0.3) is 0 Å². The minimum absolute atomic E-state index is 0.00184. The lowest BCUT2D eigenvalue weighted by Crippen LogP contribution is -2.41. The van der Waals surface area contributed by atoms with Crippen LogP contribution in [0.5, 0.6) is 0 Å². The molecule has 6 heteroatoms. The number of hydrogen-bond acceptors (Lipinski definition) is 4. The minimum Gasteiger partial charge on any atom is -0.478 e. The van der Waals surface area contributed by atoms with Gasteiger partial charge < -0.3 is 10.4 Å². The van der Waals surface area contributed by atoms with E-state index in [0.29, 0.717) is 0 Å². The Balaban J connectivity index is 2.51. The fourth-order valence-corrected chi connectivity index (χ4v) is 1.82. The molecule has 0 bridgehead atoms. The Morgan fingerprint density at radius 1 is 1.47 bits per heavy atom. The summed E-state index contributed by atoms with van der Waals surface area (Å²) >= 11 is 0. The average molecular weight is 261 g/mol. The summed E-state index contributed by atoms with van der Waals surface area (Å²) in [6, 6.07) is 2.97. The van der Waals surface area contributed by atoms with Gasteiger partial charge in [-0.3, -0.25) is 9.78 Å². The first kappa shape index (κ1) is 13.2. The van der Waals surface area contributed by atoms with Crippen LogP contribution in [-0.2, 0) is 4.79 Å². The molecule has 2 rings (SSSR count). The quantitative estimate of drug-likeness (QED) is 0.851. The Bertz CT molecular complexity index is 580. The molecule has 1 aromatic heterocycles. The third-order valence-electron chi connectivity index (χ3n) is 3.42. The predicted molar refractivity (Wildman–Crippen MR) is 69.1 cm³/mol. The fourth-order valence-electron chi connectivity index (χ4n) is 1.82. The molecule has 1 aromatic rings. The molecule has 0 unspecified atom stereocenters. The number of nitrogens with one attached hydrogen (secondary N) is 1. The molecule has 100 valence electrons. The maximum atomic E-state index is 12.0. The standard InChI is InChI=1S/C13H15N3O3/c1-7(2)13(3)12(19)15-10(16-13)9-8(11(17)18)5-4-6-14-9/h4-7H,1-3H3,(H,17,18)(H,15,16,19)/t13-/m1/s1. The van der Waals surface area contributed by atoms with Crippen LogP contribution in [0.2, 0.25) is 0 Å². The van der Waals surface area contributed by atoms with Gasteiger partial charge in [-0.1, -0.05) is 13.8 Å². The van der Waals surface area contributed by atoms with Crippen LogP contribution in [0.15, 0.2) is 23.3 Å². The van der Waals surface area contributed by atoms with Gasteiger partial charge in [0.1, 0.15) is 11.2 Å². The van der Waals surface area contributed by atoms with E-state index in [1.807, 2.05) is 13.8 Å². The van der Waals surface area contributed by atoms with Crippen LogP contribution in [0.1, 0.15) is 36.8 Å². The van der Waals surface area contributed by atoms with Crippen molar-refractivity contribution in [2.24, 2.45) is 10.9 Å². The van der Waals surface area contributed by atoms with Gasteiger partial charge in [-0.25, -0.2) is 9.79 Å². The summed E-state index contributed by atoms with van der Waals surface area (Å²) in [5, 5.41) is 11.7. The second-order valence-corrected chi connectivity index (χ2v) is 4.92. The van der Waals surface area contributed by atoms with E-state index in [9.17, 15) is 9.59 Å². The number of nitrogens with zero attached hydrogens (tertiary/aromatic N) is 2. The molecule has 1 amide bonds. The molecule has 0 aliphatic carbocycles. The van der Waals surface area contributed by atoms with Gasteiger partial charge >= 0.3 is 5.97 Å². The Labute approximate surface area is 110 Å². The summed E-state index contributed by atoms with van der Waals surface area (Å²) in [6.45, 7) is 5.51. The number of carboxylic acid groups (broad SMARTS) is 1. The fraction of sp³-hybridized carbons (Fsp3) is 0.385. The summed E-state index contributed by atoms with van der Waals surface area (Å²) in [5.41, 5.74) is -0.676. The molecule has 2 heterocycles. The monoisotopic (exact) mass is 261 g/mol. The summed E-state index contributed by atoms with van der Waals surface area (Å²) < 4.78 is 0. The number of pyridine rings is 1. The van der Waals surface area contributed by atoms with E-state index in [4.69, 9.17) is 5.11 Å². The molecular formula is C13H15N3O3. The zero-order valence-electron chi connectivity index (χ0n) is 11.0. The van der Waals surface area contributed by atoms with E-state index in [1.54, 1.807) is 6.92 Å². The summed E-state index contributed by atoms with van der Waals surface area (Å²) in [7, 11) is 0. The Morgan fingerprint density at radius 2 is 2.16 bits per heavy atom. The highest BCUT2D eigenvalue weighted by Gasteiger charge is 2.42. The van der Waals surface area contributed by atoms with Gasteiger partial charge in [0.2, 0.25) is 0 Å². The number of amidine groups is 1. The molecule has 1 aliphatic rings. The Hall–Kier alpha value is -2.24. The highest BCUT2D eigenvalue weighted by Crippen LogP contribution is 2.27. The summed E-state index contributed by atoms with van der Waals surface area (Å²) in [4.78, 5) is 31.5. The van der Waals surface area contributed by atoms with E-state index >= 15 is 0 Å². The van der Waals surface area contributed by atoms with Crippen LogP contribution >= 0.6 is 0 Å². The van der Waals surface area contributed by atoms with E-state index in [-0.39, 0.29) is 28.9 Å². The van der Waals surface area contributed by atoms with Crippen molar-refractivity contribution in [2.75, 3.05) is 0 Å². The van der Waals surface area contributed by atoms with Crippen LogP contribution in [0, 0.1) is 5.92 Å². The lowest BCUT2D eigenvalue weighted by molar-refractivity contribution is -0.124. The number of aromatic nitrogens is 1. The van der Waals surface area contributed by atoms with Gasteiger partial charge in [0.05, 0.1) is 5.56 Å². The predicted octanol–water partition coefficient (Wildman–Crippen LogP) is 1.07. The number of hydrogen-bond donors (Lipinski definition) is 2. The molecule has 19 heavy (non-hydrogen) atoms. The third kappa shape index (κ3) is 2.09. The number of aromatic carboxylic acids is 1. The van der Waals surface area contributed by atoms with Crippen molar-refractivity contribution in [3.05, 3.63) is 29.6 Å². The lowest BCUT2D eigenvalue weighted by Gasteiger charge is -2.21. The van der Waals surface area contributed by atoms with E-state index < -0.39 is 11.5 Å². The van der Waals surface area contributed by atoms with Crippen molar-refractivity contribution >= 4 is 17.7 Å². The normalized spacial score (nSPS) is 22.3. The minimum atomic E-state index is -1.10. The topological polar surface area (TPSA) is 91.7 Å². The average Bonchev–Trinajstić information content (AvgIpc) is 2.67. The molecule has 0 spiro atoms. The number of carbonyl (C=O) groups is 2. The number of carbonyl (C=O) groups excluding carboxylic acids is 1. The third-order valence-corrected chi connectivity index (χ3v) is 3.42. The van der Waals surface area contributed by atoms with E-state index in [0.717, 1.165) is 0 Å².